The van der Waals surface area contributed by atoms with Crippen LogP contribution < -0.4 is 0 Å². The Hall–Kier alpha value is -1.10. The Morgan fingerprint density at radius 1 is 0.568 bits per heavy atom. The second-order valence-corrected chi connectivity index (χ2v) is 16.3. The molecule has 0 aromatic rings. The quantitative estimate of drug-likeness (QED) is 0.254. The Balaban J connectivity index is 1.57. The first-order chi connectivity index (χ1) is 21.0. The van der Waals surface area contributed by atoms with E-state index >= 15 is 0 Å². The fourth-order valence-electron chi connectivity index (χ4n) is 8.44. The molecule has 5 heteroatoms. The smallest absolute Gasteiger partial charge is 0.329 e. The summed E-state index contributed by atoms with van der Waals surface area (Å²) in [5.74, 6) is 4.02. The lowest BCUT2D eigenvalue weighted by atomic mass is 9.86. The number of carbonyl (C=O) groups is 2. The van der Waals surface area contributed by atoms with Crippen molar-refractivity contribution in [2.75, 3.05) is 6.54 Å². The molecule has 256 valence electrons. The third-order valence-corrected chi connectivity index (χ3v) is 11.4. The number of ether oxygens (including phenoxy) is 2. The van der Waals surface area contributed by atoms with Gasteiger partial charge in [0.2, 0.25) is 5.91 Å². The zero-order valence-corrected chi connectivity index (χ0v) is 30.0. The summed E-state index contributed by atoms with van der Waals surface area (Å²) in [6, 6.07) is -0.431. The van der Waals surface area contributed by atoms with E-state index in [-0.39, 0.29) is 30.2 Å². The molecule has 3 aliphatic heterocycles. The molecule has 5 nitrogen and oxygen atoms in total. The van der Waals surface area contributed by atoms with Gasteiger partial charge in [-0.2, -0.15) is 0 Å². The molecule has 0 aliphatic carbocycles. The Kier molecular flexibility index (Phi) is 16.6. The second kappa shape index (κ2) is 19.5. The molecule has 44 heavy (non-hydrogen) atoms. The molecule has 0 saturated carbocycles. The molecule has 1 amide bonds. The number of fused-ring (bicyclic) bond motifs is 3. The van der Waals surface area contributed by atoms with Crippen molar-refractivity contribution in [2.24, 2.45) is 35.5 Å². The van der Waals surface area contributed by atoms with Gasteiger partial charge in [-0.1, -0.05) is 92.9 Å². The van der Waals surface area contributed by atoms with Crippen molar-refractivity contribution in [3.63, 3.8) is 0 Å². The van der Waals surface area contributed by atoms with Crippen molar-refractivity contribution < 1.29 is 19.1 Å². The number of hydrogen-bond donors (Lipinski definition) is 0. The molecule has 3 heterocycles. The zero-order chi connectivity index (χ0) is 32.1. The number of esters is 1. The van der Waals surface area contributed by atoms with E-state index in [2.05, 4.69) is 41.5 Å². The average Bonchev–Trinajstić information content (AvgIpc) is 3.46. The van der Waals surface area contributed by atoms with Gasteiger partial charge in [-0.15, -0.1) is 0 Å². The molecule has 0 aromatic heterocycles. The minimum atomic E-state index is -0.431. The number of amides is 1. The van der Waals surface area contributed by atoms with Gasteiger partial charge in [0.1, 0.15) is 6.04 Å². The summed E-state index contributed by atoms with van der Waals surface area (Å²) < 4.78 is 12.5. The summed E-state index contributed by atoms with van der Waals surface area (Å²) >= 11 is 0. The van der Waals surface area contributed by atoms with Gasteiger partial charge < -0.3 is 14.4 Å². The second-order valence-electron chi connectivity index (χ2n) is 16.3. The van der Waals surface area contributed by atoms with E-state index in [1.54, 1.807) is 4.90 Å². The average molecular weight is 618 g/mol. The van der Waals surface area contributed by atoms with Crippen LogP contribution in [-0.4, -0.2) is 47.7 Å². The van der Waals surface area contributed by atoms with Crippen LogP contribution in [0.1, 0.15) is 170 Å². The van der Waals surface area contributed by atoms with Gasteiger partial charge in [0.25, 0.3) is 0 Å². The molecule has 3 saturated heterocycles. The minimum absolute atomic E-state index is 0.0441. The Morgan fingerprint density at radius 3 is 1.82 bits per heavy atom. The summed E-state index contributed by atoms with van der Waals surface area (Å²) in [5, 5.41) is 0. The van der Waals surface area contributed by atoms with Crippen molar-refractivity contribution >= 4 is 11.9 Å². The third kappa shape index (κ3) is 13.3. The number of cyclic esters (lactones) is 1. The first kappa shape index (κ1) is 37.4. The summed E-state index contributed by atoms with van der Waals surface area (Å²) in [4.78, 5) is 28.5. The molecule has 0 N–H and O–H groups in total. The molecule has 2 bridgehead atoms. The molecule has 0 radical (unpaired) electrons. The maximum absolute atomic E-state index is 13.5. The third-order valence-electron chi connectivity index (χ3n) is 11.4. The van der Waals surface area contributed by atoms with E-state index < -0.39 is 6.04 Å². The van der Waals surface area contributed by atoms with Gasteiger partial charge in [0.15, 0.2) is 0 Å². The predicted octanol–water partition coefficient (Wildman–Crippen LogP) is 10.1. The lowest BCUT2D eigenvalue weighted by Crippen LogP contribution is -2.45. The highest BCUT2D eigenvalue weighted by molar-refractivity contribution is 5.85. The highest BCUT2D eigenvalue weighted by Gasteiger charge is 2.38. The predicted molar refractivity (Wildman–Crippen MR) is 182 cm³/mol. The van der Waals surface area contributed by atoms with Gasteiger partial charge in [0.05, 0.1) is 24.7 Å². The monoisotopic (exact) mass is 618 g/mol. The van der Waals surface area contributed by atoms with Crippen LogP contribution in [0.25, 0.3) is 0 Å². The maximum atomic E-state index is 13.5. The van der Waals surface area contributed by atoms with Crippen molar-refractivity contribution in [3.8, 4) is 0 Å². The molecular formula is C39H71NO4. The van der Waals surface area contributed by atoms with Crippen LogP contribution in [0.2, 0.25) is 0 Å². The van der Waals surface area contributed by atoms with Crippen LogP contribution in [0.3, 0.4) is 0 Å². The highest BCUT2D eigenvalue weighted by Crippen LogP contribution is 2.32. The number of rotatable bonds is 0. The Bertz CT molecular complexity index is 831. The summed E-state index contributed by atoms with van der Waals surface area (Å²) in [7, 11) is 0. The topological polar surface area (TPSA) is 55.8 Å². The van der Waals surface area contributed by atoms with Crippen molar-refractivity contribution in [2.45, 2.75) is 195 Å². The van der Waals surface area contributed by atoms with Crippen LogP contribution in [0.4, 0.5) is 0 Å². The van der Waals surface area contributed by atoms with Gasteiger partial charge >= 0.3 is 5.97 Å². The van der Waals surface area contributed by atoms with Gasteiger partial charge in [-0.05, 0) is 107 Å². The minimum Gasteiger partial charge on any atom is -0.461 e. The van der Waals surface area contributed by atoms with Crippen LogP contribution in [-0.2, 0) is 19.1 Å². The Morgan fingerprint density at radius 2 is 1.14 bits per heavy atom. The summed E-state index contributed by atoms with van der Waals surface area (Å²) in [5.41, 5.74) is 0. The van der Waals surface area contributed by atoms with Crippen LogP contribution in [0, 0.1) is 35.5 Å². The molecule has 4 unspecified atom stereocenters. The SMILES string of the molecule is CC1CCCCC[C@@H](C)C[C@@H](C)CCCC(C)C[C@@H](C)CCC(C)OC(=O)[C@@H]2CCCN2C(=O)CC2O[C@H](CC1)CC[C@H]2C. The maximum Gasteiger partial charge on any atom is 0.329 e. The van der Waals surface area contributed by atoms with Crippen molar-refractivity contribution in [3.05, 3.63) is 0 Å². The molecular weight excluding hydrogens is 546 g/mol. The largest absolute Gasteiger partial charge is 0.461 e. The van der Waals surface area contributed by atoms with E-state index in [1.165, 1.54) is 70.6 Å². The molecule has 3 fully saturated rings. The van der Waals surface area contributed by atoms with E-state index in [9.17, 15) is 9.59 Å². The zero-order valence-electron chi connectivity index (χ0n) is 30.0. The number of carbonyl (C=O) groups excluding carboxylic acids is 2. The standard InChI is InChI=1S/C39H71NO4/c1-28-13-9-8-10-14-29(2)25-30(3)15-11-16-31(4)26-32(5)18-21-34(7)43-39(42)36-17-12-24-40(36)38(41)27-37-33(6)20-23-35(44-37)22-19-28/h28-37H,8-27H2,1-7H3/t28?,29-,30+,31?,32+,33-,34?,35-,36+,37?/m1/s1. The summed E-state index contributed by atoms with van der Waals surface area (Å²) in [6.45, 7) is 17.0. The van der Waals surface area contributed by atoms with Gasteiger partial charge in [0, 0.05) is 6.54 Å². The number of nitrogens with zero attached hydrogens (tertiary/aromatic N) is 1. The Labute approximate surface area is 272 Å². The van der Waals surface area contributed by atoms with Crippen LogP contribution >= 0.6 is 0 Å². The lowest BCUT2D eigenvalue weighted by Gasteiger charge is -2.36. The first-order valence-corrected chi connectivity index (χ1v) is 19.2. The highest BCUT2D eigenvalue weighted by atomic mass is 16.5. The lowest BCUT2D eigenvalue weighted by molar-refractivity contribution is -0.159. The van der Waals surface area contributed by atoms with Gasteiger partial charge in [-0.25, -0.2) is 4.79 Å². The van der Waals surface area contributed by atoms with E-state index in [4.69, 9.17) is 9.47 Å². The normalized spacial score (nSPS) is 39.4. The van der Waals surface area contributed by atoms with Crippen molar-refractivity contribution in [1.82, 2.24) is 4.90 Å². The van der Waals surface area contributed by atoms with Crippen LogP contribution in [0.15, 0.2) is 0 Å². The molecule has 0 aromatic carbocycles. The van der Waals surface area contributed by atoms with E-state index in [1.807, 2.05) is 6.92 Å². The number of hydrogen-bond acceptors (Lipinski definition) is 4. The summed E-state index contributed by atoms with van der Waals surface area (Å²) in [6.07, 6.45) is 22.0. The van der Waals surface area contributed by atoms with Crippen LogP contribution in [0.5, 0.6) is 0 Å². The van der Waals surface area contributed by atoms with E-state index in [0.717, 1.165) is 62.2 Å². The van der Waals surface area contributed by atoms with E-state index in [0.29, 0.717) is 31.2 Å². The molecule has 0 spiro atoms. The van der Waals surface area contributed by atoms with Crippen molar-refractivity contribution in [1.29, 1.82) is 0 Å². The fraction of sp³-hybridized carbons (Fsp3) is 0.949. The first-order valence-electron chi connectivity index (χ1n) is 19.2. The molecule has 10 atom stereocenters. The van der Waals surface area contributed by atoms with Gasteiger partial charge in [-0.3, -0.25) is 4.79 Å². The molecule has 3 rings (SSSR count). The fourth-order valence-corrected chi connectivity index (χ4v) is 8.44. The molecule has 3 aliphatic rings.